The number of hydrogen-bond donors (Lipinski definition) is 3. The average molecular weight is 447 g/mol. The molecule has 166 valence electrons. The number of amides is 1. The molecule has 31 heavy (non-hydrogen) atoms. The predicted octanol–water partition coefficient (Wildman–Crippen LogP) is 4.27. The van der Waals surface area contributed by atoms with Crippen LogP contribution in [0.4, 0.5) is 15.9 Å². The van der Waals surface area contributed by atoms with Crippen LogP contribution in [0.2, 0.25) is 5.02 Å². The van der Waals surface area contributed by atoms with Crippen molar-refractivity contribution in [2.24, 2.45) is 5.92 Å². The number of ether oxygens (including phenoxy) is 1. The van der Waals surface area contributed by atoms with E-state index in [2.05, 4.69) is 20.9 Å². The zero-order chi connectivity index (χ0) is 21.7. The van der Waals surface area contributed by atoms with E-state index in [-0.39, 0.29) is 18.8 Å². The fraction of sp³-hybridized carbons (Fsp3) is 0.478. The van der Waals surface area contributed by atoms with Crippen molar-refractivity contribution in [3.63, 3.8) is 0 Å². The summed E-state index contributed by atoms with van der Waals surface area (Å²) in [6.07, 6.45) is 4.44. The van der Waals surface area contributed by atoms with Crippen molar-refractivity contribution in [2.45, 2.75) is 31.4 Å². The summed E-state index contributed by atoms with van der Waals surface area (Å²) in [5.41, 5.74) is 0.706. The summed E-state index contributed by atoms with van der Waals surface area (Å²) >= 11 is 6.40. The van der Waals surface area contributed by atoms with Crippen LogP contribution in [0.5, 0.6) is 0 Å². The van der Waals surface area contributed by atoms with Crippen LogP contribution in [0.25, 0.3) is 11.1 Å². The number of nitrogens with zero attached hydrogens (tertiary/aromatic N) is 1. The lowest BCUT2D eigenvalue weighted by molar-refractivity contribution is -0.128. The lowest BCUT2D eigenvalue weighted by Crippen LogP contribution is -2.50. The minimum atomic E-state index is -1.92. The summed E-state index contributed by atoms with van der Waals surface area (Å²) in [6, 6.07) is 9.64. The first kappa shape index (κ1) is 22.0. The van der Waals surface area contributed by atoms with Crippen molar-refractivity contribution in [3.05, 3.63) is 41.6 Å². The van der Waals surface area contributed by atoms with E-state index < -0.39 is 11.6 Å². The highest BCUT2D eigenvalue weighted by Gasteiger charge is 2.40. The molecule has 1 aromatic heterocycles. The topological polar surface area (TPSA) is 75.3 Å². The Hall–Kier alpha value is -2.22. The summed E-state index contributed by atoms with van der Waals surface area (Å²) in [5.74, 6) is 0.214. The monoisotopic (exact) mass is 446 g/mol. The molecule has 3 N–H and O–H groups in total. The maximum absolute atomic E-state index is 14.9. The molecule has 0 bridgehead atoms. The number of piperidine rings is 1. The molecule has 3 heterocycles. The molecule has 6 nitrogen and oxygen atoms in total. The highest BCUT2D eigenvalue weighted by atomic mass is 35.5. The molecule has 2 aliphatic rings. The molecular formula is C23H28ClFN4O2. The van der Waals surface area contributed by atoms with Crippen LogP contribution in [0, 0.1) is 5.92 Å². The molecule has 0 spiro atoms. The number of alkyl halides is 1. The molecule has 2 fully saturated rings. The van der Waals surface area contributed by atoms with Crippen molar-refractivity contribution in [2.75, 3.05) is 43.5 Å². The van der Waals surface area contributed by atoms with Gasteiger partial charge in [-0.05, 0) is 61.9 Å². The minimum Gasteiger partial charge on any atom is -0.385 e. The molecule has 2 aromatic rings. The van der Waals surface area contributed by atoms with Gasteiger partial charge in [-0.3, -0.25) is 4.79 Å². The Morgan fingerprint density at radius 2 is 2.16 bits per heavy atom. The van der Waals surface area contributed by atoms with Gasteiger partial charge in [0.05, 0.1) is 5.02 Å². The number of anilines is 2. The van der Waals surface area contributed by atoms with E-state index in [9.17, 15) is 9.18 Å². The first-order valence-electron chi connectivity index (χ1n) is 10.8. The molecule has 2 aliphatic heterocycles. The third-order valence-electron chi connectivity index (χ3n) is 5.94. The van der Waals surface area contributed by atoms with E-state index >= 15 is 0 Å². The second kappa shape index (κ2) is 9.94. The van der Waals surface area contributed by atoms with Gasteiger partial charge in [0.25, 0.3) is 5.91 Å². The Balaban J connectivity index is 1.47. The van der Waals surface area contributed by atoms with Crippen molar-refractivity contribution in [1.29, 1.82) is 0 Å². The van der Waals surface area contributed by atoms with Crippen LogP contribution in [-0.2, 0) is 9.53 Å². The predicted molar refractivity (Wildman–Crippen MR) is 121 cm³/mol. The smallest absolute Gasteiger partial charge is 0.264 e. The van der Waals surface area contributed by atoms with Gasteiger partial charge in [0.15, 0.2) is 0 Å². The summed E-state index contributed by atoms with van der Waals surface area (Å²) in [6.45, 7) is 3.28. The third-order valence-corrected chi connectivity index (χ3v) is 6.25. The average Bonchev–Trinajstić information content (AvgIpc) is 2.80. The molecule has 1 atom stereocenters. The highest BCUT2D eigenvalue weighted by molar-refractivity contribution is 6.33. The highest BCUT2D eigenvalue weighted by Crippen LogP contribution is 2.32. The Kier molecular flexibility index (Phi) is 7.05. The SMILES string of the molecule is O=C(Nc1cc(-c2cccc(NCC3CCOCC3)c2)c(Cl)cn1)C1(F)CCCNC1. The fourth-order valence-corrected chi connectivity index (χ4v) is 4.24. The fourth-order valence-electron chi connectivity index (χ4n) is 4.03. The summed E-state index contributed by atoms with van der Waals surface area (Å²) in [5, 5.41) is 9.52. The molecule has 4 rings (SSSR count). The van der Waals surface area contributed by atoms with Crippen LogP contribution >= 0.6 is 11.6 Å². The van der Waals surface area contributed by atoms with E-state index in [0.29, 0.717) is 17.4 Å². The van der Waals surface area contributed by atoms with Crippen LogP contribution < -0.4 is 16.0 Å². The standard InChI is InChI=1S/C23H28ClFN4O2/c24-20-14-28-21(29-22(30)23(25)7-2-8-26-15-23)12-19(20)17-3-1-4-18(11-17)27-13-16-5-9-31-10-6-16/h1,3-4,11-12,14,16,26-27H,2,5-10,13,15H2,(H,28,29,30). The van der Waals surface area contributed by atoms with E-state index in [4.69, 9.17) is 16.3 Å². The van der Waals surface area contributed by atoms with E-state index in [0.717, 1.165) is 56.0 Å². The maximum atomic E-state index is 14.9. The van der Waals surface area contributed by atoms with Gasteiger partial charge >= 0.3 is 0 Å². The maximum Gasteiger partial charge on any atom is 0.264 e. The van der Waals surface area contributed by atoms with E-state index in [1.54, 1.807) is 6.07 Å². The lowest BCUT2D eigenvalue weighted by atomic mass is 9.95. The van der Waals surface area contributed by atoms with Crippen LogP contribution in [0.3, 0.4) is 0 Å². The molecular weight excluding hydrogens is 419 g/mol. The minimum absolute atomic E-state index is 0.0140. The van der Waals surface area contributed by atoms with Crippen molar-refractivity contribution in [3.8, 4) is 11.1 Å². The van der Waals surface area contributed by atoms with Crippen LogP contribution in [0.1, 0.15) is 25.7 Å². The van der Waals surface area contributed by atoms with Gasteiger partial charge in [-0.25, -0.2) is 9.37 Å². The van der Waals surface area contributed by atoms with Gasteiger partial charge in [-0.2, -0.15) is 0 Å². The van der Waals surface area contributed by atoms with Crippen molar-refractivity contribution in [1.82, 2.24) is 10.3 Å². The van der Waals surface area contributed by atoms with Gasteiger partial charge < -0.3 is 20.7 Å². The summed E-state index contributed by atoms with van der Waals surface area (Å²) in [4.78, 5) is 16.7. The number of halogens is 2. The van der Waals surface area contributed by atoms with Crippen molar-refractivity contribution < 1.29 is 13.9 Å². The normalized spacial score (nSPS) is 22.1. The molecule has 1 aromatic carbocycles. The first-order valence-corrected chi connectivity index (χ1v) is 11.2. The molecule has 8 heteroatoms. The Morgan fingerprint density at radius 3 is 2.94 bits per heavy atom. The number of hydrogen-bond acceptors (Lipinski definition) is 5. The third kappa shape index (κ3) is 5.53. The van der Waals surface area contributed by atoms with E-state index in [1.165, 1.54) is 6.20 Å². The van der Waals surface area contributed by atoms with Crippen molar-refractivity contribution >= 4 is 29.0 Å². The number of rotatable bonds is 6. The van der Waals surface area contributed by atoms with Crippen LogP contribution in [0.15, 0.2) is 36.5 Å². The van der Waals surface area contributed by atoms with Gasteiger partial charge in [-0.1, -0.05) is 23.7 Å². The Bertz CT molecular complexity index is 914. The lowest BCUT2D eigenvalue weighted by Gasteiger charge is -2.28. The molecule has 1 amide bonds. The van der Waals surface area contributed by atoms with Crippen LogP contribution in [-0.4, -0.2) is 49.4 Å². The van der Waals surface area contributed by atoms with Gasteiger partial charge in [0.2, 0.25) is 5.67 Å². The molecule has 0 aliphatic carbocycles. The Morgan fingerprint density at radius 1 is 1.32 bits per heavy atom. The quantitative estimate of drug-likeness (QED) is 0.617. The number of carbonyl (C=O) groups is 1. The van der Waals surface area contributed by atoms with Gasteiger partial charge in [0, 0.05) is 43.8 Å². The van der Waals surface area contributed by atoms with Gasteiger partial charge in [0.1, 0.15) is 5.82 Å². The number of benzene rings is 1. The molecule has 1 unspecified atom stereocenters. The largest absolute Gasteiger partial charge is 0.385 e. The molecule has 0 saturated carbocycles. The second-order valence-corrected chi connectivity index (χ2v) is 8.67. The zero-order valence-corrected chi connectivity index (χ0v) is 18.2. The number of nitrogens with one attached hydrogen (secondary N) is 3. The van der Waals surface area contributed by atoms with E-state index in [1.807, 2.05) is 24.3 Å². The van der Waals surface area contributed by atoms with Gasteiger partial charge in [-0.15, -0.1) is 0 Å². The zero-order valence-electron chi connectivity index (χ0n) is 17.4. The molecule has 0 radical (unpaired) electrons. The Labute approximate surface area is 186 Å². The summed E-state index contributed by atoms with van der Waals surface area (Å²) in [7, 11) is 0. The number of pyridine rings is 1. The number of carbonyl (C=O) groups excluding carboxylic acids is 1. The molecule has 2 saturated heterocycles. The second-order valence-electron chi connectivity index (χ2n) is 8.27. The summed E-state index contributed by atoms with van der Waals surface area (Å²) < 4.78 is 20.3. The first-order chi connectivity index (χ1) is 15.0. The number of aromatic nitrogens is 1.